The molecule has 0 aliphatic rings. The van der Waals surface area contributed by atoms with Gasteiger partial charge in [-0.05, 0) is 58.2 Å². The highest BCUT2D eigenvalue weighted by molar-refractivity contribution is 9.10. The van der Waals surface area contributed by atoms with Gasteiger partial charge in [0.2, 0.25) is 0 Å². The standard InChI is InChI=1S/C21H18Br2ClN3O4/c1-3-4-18-26-17-6-5-13(22)9-14(17)21(29)27(18)25-10-12-7-15(23)20(16(24)8-12)31-11-19(28)30-2/h5-10H,3-4,11H2,1-2H3. The van der Waals surface area contributed by atoms with Crippen LogP contribution in [-0.4, -0.2) is 35.6 Å². The molecule has 1 aromatic heterocycles. The number of fused-ring (bicyclic) bond motifs is 1. The number of esters is 1. The van der Waals surface area contributed by atoms with Crippen molar-refractivity contribution in [2.24, 2.45) is 5.10 Å². The van der Waals surface area contributed by atoms with Gasteiger partial charge in [-0.2, -0.15) is 9.78 Å². The van der Waals surface area contributed by atoms with E-state index < -0.39 is 5.97 Å². The molecule has 0 fully saturated rings. The average molecular weight is 572 g/mol. The summed E-state index contributed by atoms with van der Waals surface area (Å²) in [6, 6.07) is 8.72. The van der Waals surface area contributed by atoms with Crippen LogP contribution in [0.5, 0.6) is 5.75 Å². The van der Waals surface area contributed by atoms with Gasteiger partial charge < -0.3 is 9.47 Å². The van der Waals surface area contributed by atoms with Gasteiger partial charge in [-0.15, -0.1) is 0 Å². The number of hydrogen-bond acceptors (Lipinski definition) is 6. The predicted molar refractivity (Wildman–Crippen MR) is 127 cm³/mol. The Labute approximate surface area is 200 Å². The number of benzene rings is 2. The highest BCUT2D eigenvalue weighted by Gasteiger charge is 2.13. The summed E-state index contributed by atoms with van der Waals surface area (Å²) in [7, 11) is 1.27. The summed E-state index contributed by atoms with van der Waals surface area (Å²) in [6.45, 7) is 1.74. The van der Waals surface area contributed by atoms with Crippen LogP contribution in [-0.2, 0) is 16.0 Å². The quantitative estimate of drug-likeness (QED) is 0.296. The lowest BCUT2D eigenvalue weighted by Gasteiger charge is -2.11. The maximum absolute atomic E-state index is 13.1. The van der Waals surface area contributed by atoms with E-state index in [2.05, 4.69) is 46.7 Å². The maximum atomic E-state index is 13.1. The van der Waals surface area contributed by atoms with Crippen molar-refractivity contribution in [2.75, 3.05) is 13.7 Å². The van der Waals surface area contributed by atoms with Gasteiger partial charge in [0.25, 0.3) is 5.56 Å². The van der Waals surface area contributed by atoms with Crippen LogP contribution in [0.15, 0.2) is 49.2 Å². The molecule has 0 spiro atoms. The van der Waals surface area contributed by atoms with Crippen LogP contribution in [0, 0.1) is 0 Å². The van der Waals surface area contributed by atoms with Gasteiger partial charge in [0.05, 0.1) is 33.7 Å². The first-order valence-corrected chi connectivity index (χ1v) is 11.2. The van der Waals surface area contributed by atoms with Crippen LogP contribution in [0.2, 0.25) is 5.02 Å². The molecule has 0 saturated carbocycles. The fourth-order valence-corrected chi connectivity index (χ4v) is 4.16. The Balaban J connectivity index is 1.99. The van der Waals surface area contributed by atoms with E-state index in [9.17, 15) is 9.59 Å². The van der Waals surface area contributed by atoms with Crippen LogP contribution in [0.25, 0.3) is 10.9 Å². The lowest BCUT2D eigenvalue weighted by atomic mass is 10.2. The molecule has 0 atom stereocenters. The zero-order valence-corrected chi connectivity index (χ0v) is 20.6. The van der Waals surface area contributed by atoms with E-state index in [0.29, 0.717) is 38.9 Å². The van der Waals surface area contributed by atoms with Crippen molar-refractivity contribution < 1.29 is 14.3 Å². The average Bonchev–Trinajstić information content (AvgIpc) is 2.73. The Morgan fingerprint density at radius 2 is 2.06 bits per heavy atom. The Kier molecular flexibility index (Phi) is 7.85. The maximum Gasteiger partial charge on any atom is 0.343 e. The van der Waals surface area contributed by atoms with E-state index in [4.69, 9.17) is 16.3 Å². The minimum absolute atomic E-state index is 0.255. The third kappa shape index (κ3) is 5.53. The van der Waals surface area contributed by atoms with Crippen LogP contribution < -0.4 is 10.3 Å². The van der Waals surface area contributed by atoms with E-state index in [0.717, 1.165) is 10.9 Å². The fraction of sp³-hybridized carbons (Fsp3) is 0.238. The molecule has 0 unspecified atom stereocenters. The smallest absolute Gasteiger partial charge is 0.343 e. The summed E-state index contributed by atoms with van der Waals surface area (Å²) >= 11 is 13.1. The Morgan fingerprint density at radius 1 is 1.29 bits per heavy atom. The summed E-state index contributed by atoms with van der Waals surface area (Å²) in [6.07, 6.45) is 2.93. The van der Waals surface area contributed by atoms with E-state index in [-0.39, 0.29) is 17.2 Å². The number of rotatable bonds is 7. The van der Waals surface area contributed by atoms with Crippen molar-refractivity contribution in [3.8, 4) is 5.75 Å². The molecule has 7 nitrogen and oxygen atoms in total. The number of carbonyl (C=O) groups excluding carboxylic acids is 1. The monoisotopic (exact) mass is 569 g/mol. The van der Waals surface area contributed by atoms with Crippen molar-refractivity contribution in [3.63, 3.8) is 0 Å². The van der Waals surface area contributed by atoms with Gasteiger partial charge in [-0.1, -0.05) is 34.5 Å². The van der Waals surface area contributed by atoms with Gasteiger partial charge >= 0.3 is 5.97 Å². The summed E-state index contributed by atoms with van der Waals surface area (Å²) in [4.78, 5) is 29.0. The third-order valence-electron chi connectivity index (χ3n) is 4.25. The third-order valence-corrected chi connectivity index (χ3v) is 5.62. The van der Waals surface area contributed by atoms with E-state index >= 15 is 0 Å². The van der Waals surface area contributed by atoms with Crippen molar-refractivity contribution in [1.29, 1.82) is 0 Å². The fourth-order valence-electron chi connectivity index (χ4n) is 2.81. The van der Waals surface area contributed by atoms with Gasteiger partial charge in [-0.25, -0.2) is 9.78 Å². The normalized spacial score (nSPS) is 11.3. The highest BCUT2D eigenvalue weighted by atomic mass is 79.9. The number of methoxy groups -OCH3 is 1. The summed E-state index contributed by atoms with van der Waals surface area (Å²) < 4.78 is 12.6. The molecular formula is C21H18Br2ClN3O4. The van der Waals surface area contributed by atoms with Gasteiger partial charge in [0.1, 0.15) is 5.82 Å². The second-order valence-corrected chi connectivity index (χ2v) is 8.66. The molecule has 31 heavy (non-hydrogen) atoms. The van der Waals surface area contributed by atoms with Crippen molar-refractivity contribution in [1.82, 2.24) is 9.66 Å². The number of nitrogens with zero attached hydrogens (tertiary/aromatic N) is 3. The predicted octanol–water partition coefficient (Wildman–Crippen LogP) is 4.96. The molecule has 0 saturated heterocycles. The molecule has 0 bridgehead atoms. The minimum atomic E-state index is -0.521. The molecule has 2 aromatic carbocycles. The SMILES string of the molecule is CCCc1nc2ccc(Br)cc2c(=O)n1N=Cc1cc(Cl)c(OCC(=O)OC)c(Br)c1. The second kappa shape index (κ2) is 10.4. The first kappa shape index (κ1) is 23.4. The molecule has 0 aliphatic carbocycles. The van der Waals surface area contributed by atoms with E-state index in [1.165, 1.54) is 18.0 Å². The molecule has 3 rings (SSSR count). The van der Waals surface area contributed by atoms with Gasteiger partial charge in [0, 0.05) is 10.9 Å². The molecular weight excluding hydrogens is 554 g/mol. The zero-order valence-electron chi connectivity index (χ0n) is 16.7. The molecule has 1 heterocycles. The van der Waals surface area contributed by atoms with E-state index in [1.807, 2.05) is 13.0 Å². The van der Waals surface area contributed by atoms with Crippen LogP contribution in [0.4, 0.5) is 0 Å². The molecule has 162 valence electrons. The van der Waals surface area contributed by atoms with Crippen molar-refractivity contribution in [2.45, 2.75) is 19.8 Å². The molecule has 0 amide bonds. The summed E-state index contributed by atoms with van der Waals surface area (Å²) in [5, 5.41) is 5.13. The largest absolute Gasteiger partial charge is 0.479 e. The lowest BCUT2D eigenvalue weighted by molar-refractivity contribution is -0.142. The Bertz CT molecular complexity index is 1200. The van der Waals surface area contributed by atoms with Gasteiger partial charge in [-0.3, -0.25) is 4.79 Å². The second-order valence-electron chi connectivity index (χ2n) is 6.48. The van der Waals surface area contributed by atoms with Crippen LogP contribution in [0.1, 0.15) is 24.7 Å². The molecule has 0 aliphatic heterocycles. The number of ether oxygens (including phenoxy) is 2. The van der Waals surface area contributed by atoms with Crippen LogP contribution >= 0.6 is 43.5 Å². The lowest BCUT2D eigenvalue weighted by Crippen LogP contribution is -2.22. The zero-order chi connectivity index (χ0) is 22.5. The van der Waals surface area contributed by atoms with E-state index in [1.54, 1.807) is 24.3 Å². The number of aromatic nitrogens is 2. The molecule has 10 heteroatoms. The summed E-state index contributed by atoms with van der Waals surface area (Å²) in [5.41, 5.74) is 1.00. The number of halogens is 3. The first-order chi connectivity index (χ1) is 14.8. The highest BCUT2D eigenvalue weighted by Crippen LogP contribution is 2.34. The number of hydrogen-bond donors (Lipinski definition) is 0. The first-order valence-electron chi connectivity index (χ1n) is 9.28. The topological polar surface area (TPSA) is 82.8 Å². The van der Waals surface area contributed by atoms with Crippen LogP contribution in [0.3, 0.4) is 0 Å². The Hall–Kier alpha value is -2.23. The van der Waals surface area contributed by atoms with Crippen molar-refractivity contribution >= 4 is 66.5 Å². The number of aryl methyl sites for hydroxylation is 1. The minimum Gasteiger partial charge on any atom is -0.479 e. The van der Waals surface area contributed by atoms with Gasteiger partial charge in [0.15, 0.2) is 12.4 Å². The Morgan fingerprint density at radius 3 is 2.74 bits per heavy atom. The number of carbonyl (C=O) groups is 1. The van der Waals surface area contributed by atoms with Crippen molar-refractivity contribution in [3.05, 3.63) is 66.0 Å². The molecule has 3 aromatic rings. The molecule has 0 N–H and O–H groups in total. The summed E-state index contributed by atoms with van der Waals surface area (Å²) in [5.74, 6) is 0.360. The molecule has 0 radical (unpaired) electrons.